The summed E-state index contributed by atoms with van der Waals surface area (Å²) in [6.45, 7) is 8.44. The Morgan fingerprint density at radius 3 is 2.94 bits per heavy atom. The van der Waals surface area contributed by atoms with Crippen LogP contribution in [0.5, 0.6) is 0 Å². The van der Waals surface area contributed by atoms with Crippen molar-refractivity contribution in [3.63, 3.8) is 0 Å². The minimum atomic E-state index is 0.104. The molecule has 0 spiro atoms. The molecule has 4 nitrogen and oxygen atoms in total. The zero-order valence-electron chi connectivity index (χ0n) is 11.5. The van der Waals surface area contributed by atoms with Crippen molar-refractivity contribution in [3.8, 4) is 0 Å². The molecule has 1 fully saturated rings. The van der Waals surface area contributed by atoms with Gasteiger partial charge in [0, 0.05) is 19.1 Å². The average Bonchev–Trinajstić information content (AvgIpc) is 2.68. The predicted molar refractivity (Wildman–Crippen MR) is 70.8 cm³/mol. The van der Waals surface area contributed by atoms with Gasteiger partial charge in [0.25, 0.3) is 5.91 Å². The summed E-state index contributed by atoms with van der Waals surface area (Å²) in [4.78, 5) is 14.4. The number of piperidine rings is 1. The Kier molecular flexibility index (Phi) is 4.07. The smallest absolute Gasteiger partial charge is 0.257 e. The molecular weight excluding hydrogens is 228 g/mol. The summed E-state index contributed by atoms with van der Waals surface area (Å²) >= 11 is 0. The van der Waals surface area contributed by atoms with Crippen LogP contribution in [-0.4, -0.2) is 36.5 Å². The summed E-state index contributed by atoms with van der Waals surface area (Å²) in [7, 11) is 0. The molecular formula is C14H22N2O2. The molecule has 1 N–H and O–H groups in total. The number of carbonyl (C=O) groups excluding carboxylic acids is 1. The second-order valence-electron chi connectivity index (χ2n) is 4.97. The number of nitrogens with zero attached hydrogens (tertiary/aromatic N) is 1. The molecule has 1 aliphatic rings. The lowest BCUT2D eigenvalue weighted by Crippen LogP contribution is -2.48. The van der Waals surface area contributed by atoms with Crippen molar-refractivity contribution in [2.24, 2.45) is 0 Å². The Bertz CT molecular complexity index is 423. The van der Waals surface area contributed by atoms with E-state index in [-0.39, 0.29) is 5.91 Å². The third kappa shape index (κ3) is 2.75. The summed E-state index contributed by atoms with van der Waals surface area (Å²) in [5, 5.41) is 3.42. The second kappa shape index (κ2) is 5.57. The zero-order chi connectivity index (χ0) is 13.1. The van der Waals surface area contributed by atoms with Crippen LogP contribution < -0.4 is 5.32 Å². The number of amides is 1. The highest BCUT2D eigenvalue weighted by Gasteiger charge is 2.26. The lowest BCUT2D eigenvalue weighted by atomic mass is 10.0. The standard InChI is InChI=1S/C14H22N2O2/c1-4-15-12-6-5-7-16(9-12)14(17)13-8-10(2)18-11(13)3/h8,12,15H,4-7,9H2,1-3H3. The number of likely N-dealkylation sites (N-methyl/N-ethyl adjacent to an activating group) is 1. The Labute approximate surface area is 108 Å². The van der Waals surface area contributed by atoms with Crippen LogP contribution >= 0.6 is 0 Å². The number of aryl methyl sites for hydroxylation is 2. The van der Waals surface area contributed by atoms with E-state index in [1.54, 1.807) is 0 Å². The highest BCUT2D eigenvalue weighted by atomic mass is 16.3. The molecule has 4 heteroatoms. The van der Waals surface area contributed by atoms with Crippen LogP contribution in [0, 0.1) is 13.8 Å². The van der Waals surface area contributed by atoms with Gasteiger partial charge < -0.3 is 14.6 Å². The molecule has 1 atom stereocenters. The van der Waals surface area contributed by atoms with E-state index < -0.39 is 0 Å². The van der Waals surface area contributed by atoms with Gasteiger partial charge in [0.1, 0.15) is 11.5 Å². The van der Waals surface area contributed by atoms with Gasteiger partial charge >= 0.3 is 0 Å². The maximum atomic E-state index is 12.4. The minimum Gasteiger partial charge on any atom is -0.466 e. The van der Waals surface area contributed by atoms with Crippen molar-refractivity contribution in [3.05, 3.63) is 23.2 Å². The lowest BCUT2D eigenvalue weighted by Gasteiger charge is -2.33. The number of furan rings is 1. The van der Waals surface area contributed by atoms with Crippen LogP contribution in [0.1, 0.15) is 41.6 Å². The average molecular weight is 250 g/mol. The summed E-state index contributed by atoms with van der Waals surface area (Å²) < 4.78 is 5.44. The van der Waals surface area contributed by atoms with E-state index in [0.29, 0.717) is 11.6 Å². The first-order valence-corrected chi connectivity index (χ1v) is 6.71. The van der Waals surface area contributed by atoms with Crippen LogP contribution in [0.3, 0.4) is 0 Å². The monoisotopic (exact) mass is 250 g/mol. The van der Waals surface area contributed by atoms with E-state index in [2.05, 4.69) is 12.2 Å². The predicted octanol–water partition coefficient (Wildman–Crippen LogP) is 2.11. The van der Waals surface area contributed by atoms with Gasteiger partial charge in [-0.3, -0.25) is 4.79 Å². The summed E-state index contributed by atoms with van der Waals surface area (Å²) in [6, 6.07) is 2.27. The topological polar surface area (TPSA) is 45.5 Å². The molecule has 18 heavy (non-hydrogen) atoms. The van der Waals surface area contributed by atoms with E-state index >= 15 is 0 Å². The zero-order valence-corrected chi connectivity index (χ0v) is 11.5. The van der Waals surface area contributed by atoms with Gasteiger partial charge in [0.05, 0.1) is 5.56 Å². The molecule has 1 aromatic heterocycles. The highest BCUT2D eigenvalue weighted by molar-refractivity contribution is 5.95. The number of likely N-dealkylation sites (tertiary alicyclic amines) is 1. The minimum absolute atomic E-state index is 0.104. The summed E-state index contributed by atoms with van der Waals surface area (Å²) in [6.07, 6.45) is 2.22. The fourth-order valence-corrected chi connectivity index (χ4v) is 2.63. The van der Waals surface area contributed by atoms with Gasteiger partial charge in [-0.2, -0.15) is 0 Å². The fraction of sp³-hybridized carbons (Fsp3) is 0.643. The largest absolute Gasteiger partial charge is 0.466 e. The van der Waals surface area contributed by atoms with Gasteiger partial charge in [-0.05, 0) is 39.3 Å². The third-order valence-electron chi connectivity index (χ3n) is 3.47. The van der Waals surface area contributed by atoms with Crippen LogP contribution in [0.25, 0.3) is 0 Å². The Balaban J connectivity index is 2.06. The van der Waals surface area contributed by atoms with Gasteiger partial charge in [-0.15, -0.1) is 0 Å². The Morgan fingerprint density at radius 1 is 1.56 bits per heavy atom. The van der Waals surface area contributed by atoms with E-state index in [4.69, 9.17) is 4.42 Å². The number of carbonyl (C=O) groups is 1. The quantitative estimate of drug-likeness (QED) is 0.893. The van der Waals surface area contributed by atoms with Gasteiger partial charge in [0.15, 0.2) is 0 Å². The molecule has 2 heterocycles. The van der Waals surface area contributed by atoms with Gasteiger partial charge in [0.2, 0.25) is 0 Å². The van der Waals surface area contributed by atoms with Crippen molar-refractivity contribution in [1.29, 1.82) is 0 Å². The first-order chi connectivity index (χ1) is 8.61. The molecule has 0 bridgehead atoms. The van der Waals surface area contributed by atoms with E-state index in [1.165, 1.54) is 0 Å². The van der Waals surface area contributed by atoms with Crippen molar-refractivity contribution in [2.45, 2.75) is 39.7 Å². The number of hydrogen-bond donors (Lipinski definition) is 1. The molecule has 0 radical (unpaired) electrons. The van der Waals surface area contributed by atoms with Crippen LogP contribution in [0.2, 0.25) is 0 Å². The maximum absolute atomic E-state index is 12.4. The van der Waals surface area contributed by atoms with Gasteiger partial charge in [-0.25, -0.2) is 0 Å². The first-order valence-electron chi connectivity index (χ1n) is 6.71. The normalized spacial score (nSPS) is 20.2. The highest BCUT2D eigenvalue weighted by Crippen LogP contribution is 2.19. The first kappa shape index (κ1) is 13.1. The lowest BCUT2D eigenvalue weighted by molar-refractivity contribution is 0.0694. The van der Waals surface area contributed by atoms with E-state index in [1.807, 2.05) is 24.8 Å². The van der Waals surface area contributed by atoms with Crippen LogP contribution in [0.15, 0.2) is 10.5 Å². The van der Waals surface area contributed by atoms with Crippen LogP contribution in [-0.2, 0) is 0 Å². The Morgan fingerprint density at radius 2 is 2.33 bits per heavy atom. The van der Waals surface area contributed by atoms with Crippen molar-refractivity contribution >= 4 is 5.91 Å². The van der Waals surface area contributed by atoms with Gasteiger partial charge in [-0.1, -0.05) is 6.92 Å². The molecule has 1 aliphatic heterocycles. The van der Waals surface area contributed by atoms with Crippen molar-refractivity contribution in [2.75, 3.05) is 19.6 Å². The summed E-state index contributed by atoms with van der Waals surface area (Å²) in [5.74, 6) is 1.63. The number of rotatable bonds is 3. The molecule has 1 aromatic rings. The molecule has 1 amide bonds. The van der Waals surface area contributed by atoms with Crippen LogP contribution in [0.4, 0.5) is 0 Å². The molecule has 0 aliphatic carbocycles. The second-order valence-corrected chi connectivity index (χ2v) is 4.97. The SMILES string of the molecule is CCNC1CCCN(C(=O)c2cc(C)oc2C)C1. The maximum Gasteiger partial charge on any atom is 0.257 e. The van der Waals surface area contributed by atoms with Crippen molar-refractivity contribution in [1.82, 2.24) is 10.2 Å². The van der Waals surface area contributed by atoms with E-state index in [9.17, 15) is 4.79 Å². The van der Waals surface area contributed by atoms with Crippen molar-refractivity contribution < 1.29 is 9.21 Å². The molecule has 2 rings (SSSR count). The Hall–Kier alpha value is -1.29. The fourth-order valence-electron chi connectivity index (χ4n) is 2.63. The third-order valence-corrected chi connectivity index (χ3v) is 3.47. The number of hydrogen-bond acceptors (Lipinski definition) is 3. The molecule has 1 saturated heterocycles. The molecule has 100 valence electrons. The summed E-state index contributed by atoms with van der Waals surface area (Å²) in [5.41, 5.74) is 0.713. The molecule has 0 aromatic carbocycles. The molecule has 0 saturated carbocycles. The molecule has 1 unspecified atom stereocenters. The number of nitrogens with one attached hydrogen (secondary N) is 1. The van der Waals surface area contributed by atoms with E-state index in [0.717, 1.165) is 44.0 Å².